The molecular formula is C15H23F3O4. The third-order valence-electron chi connectivity index (χ3n) is 2.82. The Morgan fingerprint density at radius 2 is 1.68 bits per heavy atom. The molecule has 0 rings (SSSR count). The molecule has 0 heterocycles. The van der Waals surface area contributed by atoms with Crippen LogP contribution in [0.5, 0.6) is 0 Å². The van der Waals surface area contributed by atoms with Crippen molar-refractivity contribution in [1.82, 2.24) is 0 Å². The van der Waals surface area contributed by atoms with Crippen molar-refractivity contribution in [2.75, 3.05) is 0 Å². The Morgan fingerprint density at radius 3 is 2.00 bits per heavy atom. The van der Waals surface area contributed by atoms with Gasteiger partial charge < -0.3 is 9.84 Å². The molecule has 22 heavy (non-hydrogen) atoms. The number of hydrogen-bond donors (Lipinski definition) is 1. The lowest BCUT2D eigenvalue weighted by molar-refractivity contribution is -0.169. The SMILES string of the molecule is C=C(C)C[C@@H](C(=O)OC(C)(C)C)[C@@H](CCC(F)(F)F)C(=O)O. The van der Waals surface area contributed by atoms with E-state index in [4.69, 9.17) is 4.74 Å². The lowest BCUT2D eigenvalue weighted by Gasteiger charge is -2.27. The number of halogens is 3. The molecular weight excluding hydrogens is 301 g/mol. The predicted molar refractivity (Wildman–Crippen MR) is 75.2 cm³/mol. The van der Waals surface area contributed by atoms with Gasteiger partial charge in [-0.1, -0.05) is 5.57 Å². The number of rotatable bonds is 7. The van der Waals surface area contributed by atoms with E-state index in [2.05, 4.69) is 6.58 Å². The number of aliphatic carboxylic acids is 1. The van der Waals surface area contributed by atoms with Crippen LogP contribution in [0, 0.1) is 11.8 Å². The Balaban J connectivity index is 5.27. The Labute approximate surface area is 128 Å². The van der Waals surface area contributed by atoms with Crippen molar-refractivity contribution in [3.8, 4) is 0 Å². The second-order valence-electron chi connectivity index (χ2n) is 6.40. The summed E-state index contributed by atoms with van der Waals surface area (Å²) in [6, 6.07) is 0. The summed E-state index contributed by atoms with van der Waals surface area (Å²) in [6.45, 7) is 10.0. The summed E-state index contributed by atoms with van der Waals surface area (Å²) in [6.07, 6.45) is -6.44. The lowest BCUT2D eigenvalue weighted by Crippen LogP contribution is -2.36. The van der Waals surface area contributed by atoms with Gasteiger partial charge in [0.15, 0.2) is 0 Å². The quantitative estimate of drug-likeness (QED) is 0.569. The number of ether oxygens (including phenoxy) is 1. The minimum atomic E-state index is -4.48. The molecule has 0 radical (unpaired) electrons. The van der Waals surface area contributed by atoms with E-state index in [1.165, 1.54) is 0 Å². The first kappa shape index (κ1) is 20.5. The summed E-state index contributed by atoms with van der Waals surface area (Å²) in [5.74, 6) is -4.91. The van der Waals surface area contributed by atoms with Crippen LogP contribution in [0.1, 0.15) is 47.0 Å². The molecule has 4 nitrogen and oxygen atoms in total. The average Bonchev–Trinajstić information content (AvgIpc) is 2.22. The summed E-state index contributed by atoms with van der Waals surface area (Å²) in [5.41, 5.74) is -0.341. The number of carboxylic acids is 1. The molecule has 2 atom stereocenters. The molecule has 0 aromatic rings. The van der Waals surface area contributed by atoms with Crippen LogP contribution >= 0.6 is 0 Å². The highest BCUT2D eigenvalue weighted by atomic mass is 19.4. The van der Waals surface area contributed by atoms with Crippen LogP contribution in [0.3, 0.4) is 0 Å². The molecule has 0 spiro atoms. The van der Waals surface area contributed by atoms with E-state index in [0.29, 0.717) is 5.57 Å². The molecule has 0 aromatic carbocycles. The van der Waals surface area contributed by atoms with Gasteiger partial charge >= 0.3 is 18.1 Å². The van der Waals surface area contributed by atoms with E-state index in [-0.39, 0.29) is 6.42 Å². The van der Waals surface area contributed by atoms with Gasteiger partial charge in [0.1, 0.15) is 5.60 Å². The Bertz CT molecular complexity index is 421. The van der Waals surface area contributed by atoms with Gasteiger partial charge in [-0.15, -0.1) is 6.58 Å². The van der Waals surface area contributed by atoms with Gasteiger partial charge in [0.05, 0.1) is 11.8 Å². The largest absolute Gasteiger partial charge is 0.481 e. The zero-order valence-corrected chi connectivity index (χ0v) is 13.3. The monoisotopic (exact) mass is 324 g/mol. The van der Waals surface area contributed by atoms with E-state index < -0.39 is 48.4 Å². The summed E-state index contributed by atoms with van der Waals surface area (Å²) in [7, 11) is 0. The summed E-state index contributed by atoms with van der Waals surface area (Å²) >= 11 is 0. The van der Waals surface area contributed by atoms with Crippen LogP contribution in [-0.4, -0.2) is 28.8 Å². The summed E-state index contributed by atoms with van der Waals surface area (Å²) in [4.78, 5) is 23.5. The van der Waals surface area contributed by atoms with Crippen LogP contribution in [-0.2, 0) is 14.3 Å². The van der Waals surface area contributed by atoms with Crippen LogP contribution in [0.25, 0.3) is 0 Å². The third-order valence-corrected chi connectivity index (χ3v) is 2.82. The highest BCUT2D eigenvalue weighted by molar-refractivity contribution is 5.81. The van der Waals surface area contributed by atoms with Crippen molar-refractivity contribution in [2.24, 2.45) is 11.8 Å². The molecule has 0 saturated heterocycles. The fraction of sp³-hybridized carbons (Fsp3) is 0.733. The van der Waals surface area contributed by atoms with Crippen LogP contribution < -0.4 is 0 Å². The van der Waals surface area contributed by atoms with Gasteiger partial charge in [0.2, 0.25) is 0 Å². The Morgan fingerprint density at radius 1 is 1.18 bits per heavy atom. The molecule has 0 bridgehead atoms. The predicted octanol–water partition coefficient (Wildman–Crippen LogP) is 3.95. The first-order valence-electron chi connectivity index (χ1n) is 6.89. The summed E-state index contributed by atoms with van der Waals surface area (Å²) in [5, 5.41) is 9.20. The van der Waals surface area contributed by atoms with Crippen molar-refractivity contribution < 1.29 is 32.6 Å². The standard InChI is InChI=1S/C15H23F3O4/c1-9(2)8-11(13(21)22-14(3,4)5)10(12(19)20)6-7-15(16,17)18/h10-11H,1,6-8H2,2-5H3,(H,19,20)/t10-,11-/m1/s1. The fourth-order valence-corrected chi connectivity index (χ4v) is 1.96. The van der Waals surface area contributed by atoms with E-state index in [1.54, 1.807) is 27.7 Å². The van der Waals surface area contributed by atoms with Gasteiger partial charge in [-0.05, 0) is 40.5 Å². The number of alkyl halides is 3. The summed E-state index contributed by atoms with van der Waals surface area (Å²) < 4.78 is 42.2. The van der Waals surface area contributed by atoms with Gasteiger partial charge in [0.25, 0.3) is 0 Å². The second kappa shape index (κ2) is 7.65. The maximum absolute atomic E-state index is 12.4. The normalized spacial score (nSPS) is 15.0. The lowest BCUT2D eigenvalue weighted by atomic mass is 9.84. The average molecular weight is 324 g/mol. The van der Waals surface area contributed by atoms with Crippen LogP contribution in [0.2, 0.25) is 0 Å². The molecule has 0 aliphatic rings. The van der Waals surface area contributed by atoms with E-state index in [1.807, 2.05) is 0 Å². The zero-order chi connectivity index (χ0) is 17.7. The van der Waals surface area contributed by atoms with Gasteiger partial charge in [-0.3, -0.25) is 9.59 Å². The van der Waals surface area contributed by atoms with Crippen molar-refractivity contribution in [1.29, 1.82) is 0 Å². The second-order valence-corrected chi connectivity index (χ2v) is 6.40. The minimum Gasteiger partial charge on any atom is -0.481 e. The molecule has 0 fully saturated rings. The van der Waals surface area contributed by atoms with E-state index in [0.717, 1.165) is 0 Å². The van der Waals surface area contributed by atoms with Crippen molar-refractivity contribution in [3.05, 3.63) is 12.2 Å². The topological polar surface area (TPSA) is 63.6 Å². The van der Waals surface area contributed by atoms with Gasteiger partial charge in [-0.25, -0.2) is 0 Å². The van der Waals surface area contributed by atoms with E-state index in [9.17, 15) is 27.9 Å². The molecule has 128 valence electrons. The molecule has 0 aliphatic carbocycles. The zero-order valence-electron chi connectivity index (χ0n) is 13.3. The maximum Gasteiger partial charge on any atom is 0.389 e. The first-order chi connectivity index (χ1) is 9.73. The van der Waals surface area contributed by atoms with Crippen molar-refractivity contribution in [3.63, 3.8) is 0 Å². The number of allylic oxidation sites excluding steroid dienone is 1. The number of esters is 1. The van der Waals surface area contributed by atoms with Gasteiger partial charge in [0, 0.05) is 6.42 Å². The smallest absolute Gasteiger partial charge is 0.389 e. The number of carboxylic acid groups (broad SMARTS) is 1. The Kier molecular flexibility index (Phi) is 7.12. The number of hydrogen-bond acceptors (Lipinski definition) is 3. The maximum atomic E-state index is 12.4. The molecule has 0 unspecified atom stereocenters. The fourth-order valence-electron chi connectivity index (χ4n) is 1.96. The minimum absolute atomic E-state index is 0.0241. The third kappa shape index (κ3) is 8.69. The van der Waals surface area contributed by atoms with Crippen LogP contribution in [0.4, 0.5) is 13.2 Å². The van der Waals surface area contributed by atoms with Crippen molar-refractivity contribution in [2.45, 2.75) is 58.7 Å². The molecule has 0 aromatic heterocycles. The number of carbonyl (C=O) groups is 2. The molecule has 7 heteroatoms. The van der Waals surface area contributed by atoms with Crippen LogP contribution in [0.15, 0.2) is 12.2 Å². The highest BCUT2D eigenvalue weighted by Gasteiger charge is 2.39. The first-order valence-corrected chi connectivity index (χ1v) is 6.89. The molecule has 0 amide bonds. The molecule has 0 saturated carbocycles. The molecule has 0 aliphatic heterocycles. The highest BCUT2D eigenvalue weighted by Crippen LogP contribution is 2.31. The van der Waals surface area contributed by atoms with Gasteiger partial charge in [-0.2, -0.15) is 13.2 Å². The number of carbonyl (C=O) groups excluding carboxylic acids is 1. The van der Waals surface area contributed by atoms with Crippen molar-refractivity contribution >= 4 is 11.9 Å². The van der Waals surface area contributed by atoms with E-state index >= 15 is 0 Å². The Hall–Kier alpha value is -1.53. The molecule has 1 N–H and O–H groups in total.